The highest BCUT2D eigenvalue weighted by molar-refractivity contribution is 6.03. The number of aryl methyl sites for hydroxylation is 2. The fraction of sp³-hybridized carbons (Fsp3) is 0.462. The summed E-state index contributed by atoms with van der Waals surface area (Å²) in [6.07, 6.45) is 1.60. The van der Waals surface area contributed by atoms with Crippen LogP contribution < -0.4 is 5.32 Å². The Morgan fingerprint density at radius 1 is 1.37 bits per heavy atom. The van der Waals surface area contributed by atoms with Gasteiger partial charge in [0.25, 0.3) is 5.91 Å². The summed E-state index contributed by atoms with van der Waals surface area (Å²) >= 11 is 0. The van der Waals surface area contributed by atoms with E-state index in [0.717, 1.165) is 17.1 Å². The number of hydrogen-bond acceptors (Lipinski definition) is 3. The fourth-order valence-corrected chi connectivity index (χ4v) is 2.12. The molecule has 1 amide bonds. The van der Waals surface area contributed by atoms with E-state index in [1.807, 2.05) is 18.5 Å². The van der Waals surface area contributed by atoms with Crippen LogP contribution in [0.3, 0.4) is 0 Å². The summed E-state index contributed by atoms with van der Waals surface area (Å²) in [5.74, 6) is -0.172. The van der Waals surface area contributed by atoms with Crippen LogP contribution in [0, 0.1) is 13.8 Å². The molecule has 0 spiro atoms. The average Bonchev–Trinajstić information content (AvgIpc) is 2.87. The minimum Gasteiger partial charge on any atom is -0.317 e. The maximum Gasteiger partial charge on any atom is 0.274 e. The molecule has 0 fully saturated rings. The molecule has 2 rings (SSSR count). The first-order chi connectivity index (χ1) is 8.91. The Balaban J connectivity index is 2.30. The van der Waals surface area contributed by atoms with E-state index in [1.54, 1.807) is 24.0 Å². The van der Waals surface area contributed by atoms with Gasteiger partial charge in [-0.25, -0.2) is 0 Å². The predicted molar refractivity (Wildman–Crippen MR) is 73.2 cm³/mol. The van der Waals surface area contributed by atoms with Crippen molar-refractivity contribution in [3.05, 3.63) is 29.3 Å². The van der Waals surface area contributed by atoms with E-state index in [1.165, 1.54) is 0 Å². The molecular formula is C13H19N5O. The first-order valence-corrected chi connectivity index (χ1v) is 6.27. The van der Waals surface area contributed by atoms with Crippen LogP contribution in [0.2, 0.25) is 0 Å². The normalized spacial score (nSPS) is 11.1. The molecule has 2 aromatic rings. The summed E-state index contributed by atoms with van der Waals surface area (Å²) in [7, 11) is 1.74. The maximum absolute atomic E-state index is 12.2. The molecule has 0 aliphatic rings. The number of hydrogen-bond donors (Lipinski definition) is 1. The third-order valence-corrected chi connectivity index (χ3v) is 3.11. The second kappa shape index (κ2) is 4.87. The average molecular weight is 261 g/mol. The van der Waals surface area contributed by atoms with Crippen LogP contribution in [-0.4, -0.2) is 25.5 Å². The molecule has 0 aromatic carbocycles. The highest BCUT2D eigenvalue weighted by Gasteiger charge is 2.17. The van der Waals surface area contributed by atoms with Crippen molar-refractivity contribution in [3.63, 3.8) is 0 Å². The smallest absolute Gasteiger partial charge is 0.274 e. The van der Waals surface area contributed by atoms with Gasteiger partial charge in [-0.1, -0.05) is 0 Å². The van der Waals surface area contributed by atoms with Crippen molar-refractivity contribution in [2.45, 2.75) is 33.7 Å². The van der Waals surface area contributed by atoms with E-state index in [2.05, 4.69) is 29.4 Å². The van der Waals surface area contributed by atoms with Crippen LogP contribution in [0.1, 0.15) is 41.8 Å². The van der Waals surface area contributed by atoms with Crippen LogP contribution in [0.15, 0.2) is 12.3 Å². The van der Waals surface area contributed by atoms with Crippen molar-refractivity contribution < 1.29 is 4.79 Å². The Morgan fingerprint density at radius 3 is 2.53 bits per heavy atom. The summed E-state index contributed by atoms with van der Waals surface area (Å²) in [4.78, 5) is 12.2. The van der Waals surface area contributed by atoms with Gasteiger partial charge in [-0.15, -0.1) is 0 Å². The van der Waals surface area contributed by atoms with Crippen LogP contribution in [0.25, 0.3) is 0 Å². The van der Waals surface area contributed by atoms with Crippen LogP contribution >= 0.6 is 0 Å². The molecule has 6 heteroatoms. The number of rotatable bonds is 3. The number of amides is 1. The summed E-state index contributed by atoms with van der Waals surface area (Å²) in [6.45, 7) is 7.97. The topological polar surface area (TPSA) is 64.7 Å². The van der Waals surface area contributed by atoms with Gasteiger partial charge >= 0.3 is 0 Å². The first-order valence-electron chi connectivity index (χ1n) is 6.27. The van der Waals surface area contributed by atoms with E-state index in [4.69, 9.17) is 0 Å². The molecule has 0 saturated heterocycles. The molecular weight excluding hydrogens is 242 g/mol. The van der Waals surface area contributed by atoms with Gasteiger partial charge in [0.05, 0.1) is 17.1 Å². The third-order valence-electron chi connectivity index (χ3n) is 3.11. The first kappa shape index (κ1) is 13.3. The largest absolute Gasteiger partial charge is 0.317 e. The van der Waals surface area contributed by atoms with E-state index in [9.17, 15) is 4.79 Å². The number of anilines is 1. The molecule has 0 aliphatic heterocycles. The zero-order valence-corrected chi connectivity index (χ0v) is 11.9. The van der Waals surface area contributed by atoms with Crippen LogP contribution in [0.4, 0.5) is 5.69 Å². The van der Waals surface area contributed by atoms with Crippen molar-refractivity contribution in [1.29, 1.82) is 0 Å². The number of nitrogens with zero attached hydrogens (tertiary/aromatic N) is 4. The molecule has 0 bridgehead atoms. The maximum atomic E-state index is 12.2. The predicted octanol–water partition coefficient (Wildman–Crippen LogP) is 2.07. The standard InChI is InChI=1S/C13H19N5O/c1-8(2)18-10(4)12(9(3)16-18)15-13(19)11-6-7-14-17(11)5/h6-8H,1-5H3,(H,15,19). The molecule has 1 N–H and O–H groups in total. The molecule has 2 heterocycles. The van der Waals surface area contributed by atoms with Gasteiger partial charge in [0, 0.05) is 19.3 Å². The highest BCUT2D eigenvalue weighted by Crippen LogP contribution is 2.22. The Kier molecular flexibility index (Phi) is 3.42. The van der Waals surface area contributed by atoms with Gasteiger partial charge in [-0.3, -0.25) is 14.2 Å². The van der Waals surface area contributed by atoms with E-state index in [-0.39, 0.29) is 11.9 Å². The van der Waals surface area contributed by atoms with Gasteiger partial charge in [-0.05, 0) is 33.8 Å². The van der Waals surface area contributed by atoms with Gasteiger partial charge in [0.2, 0.25) is 0 Å². The second-order valence-electron chi connectivity index (χ2n) is 4.88. The van der Waals surface area contributed by atoms with Gasteiger partial charge in [-0.2, -0.15) is 10.2 Å². The van der Waals surface area contributed by atoms with Gasteiger partial charge in [0.1, 0.15) is 5.69 Å². The Morgan fingerprint density at radius 2 is 2.05 bits per heavy atom. The quantitative estimate of drug-likeness (QED) is 0.919. The van der Waals surface area contributed by atoms with Crippen molar-refractivity contribution in [1.82, 2.24) is 19.6 Å². The van der Waals surface area contributed by atoms with Crippen molar-refractivity contribution in [2.75, 3.05) is 5.32 Å². The Bertz CT molecular complexity index is 609. The van der Waals surface area contributed by atoms with E-state index in [0.29, 0.717) is 5.69 Å². The molecule has 102 valence electrons. The Hall–Kier alpha value is -2.11. The SMILES string of the molecule is Cc1nn(C(C)C)c(C)c1NC(=O)c1ccnn1C. The highest BCUT2D eigenvalue weighted by atomic mass is 16.2. The summed E-state index contributed by atoms with van der Waals surface area (Å²) in [6, 6.07) is 1.95. The summed E-state index contributed by atoms with van der Waals surface area (Å²) in [5.41, 5.74) is 3.08. The number of aromatic nitrogens is 4. The lowest BCUT2D eigenvalue weighted by Gasteiger charge is -2.09. The molecule has 19 heavy (non-hydrogen) atoms. The molecule has 0 atom stereocenters. The lowest BCUT2D eigenvalue weighted by molar-refractivity contribution is 0.101. The fourth-order valence-electron chi connectivity index (χ4n) is 2.12. The zero-order valence-electron chi connectivity index (χ0n) is 11.9. The number of carbonyl (C=O) groups excluding carboxylic acids is 1. The number of nitrogens with one attached hydrogen (secondary N) is 1. The second-order valence-corrected chi connectivity index (χ2v) is 4.88. The van der Waals surface area contributed by atoms with Crippen molar-refractivity contribution in [2.24, 2.45) is 7.05 Å². The van der Waals surface area contributed by atoms with Gasteiger partial charge in [0.15, 0.2) is 0 Å². The van der Waals surface area contributed by atoms with Crippen molar-refractivity contribution >= 4 is 11.6 Å². The summed E-state index contributed by atoms with van der Waals surface area (Å²) in [5, 5.41) is 11.4. The minimum absolute atomic E-state index is 0.172. The number of carbonyl (C=O) groups is 1. The Labute approximate surface area is 112 Å². The van der Waals surface area contributed by atoms with E-state index >= 15 is 0 Å². The monoisotopic (exact) mass is 261 g/mol. The molecule has 0 unspecified atom stereocenters. The van der Waals surface area contributed by atoms with E-state index < -0.39 is 0 Å². The van der Waals surface area contributed by atoms with Crippen molar-refractivity contribution in [3.8, 4) is 0 Å². The molecule has 6 nitrogen and oxygen atoms in total. The minimum atomic E-state index is -0.172. The molecule has 0 aliphatic carbocycles. The molecule has 0 saturated carbocycles. The van der Waals surface area contributed by atoms with Crippen LogP contribution in [-0.2, 0) is 7.05 Å². The molecule has 0 radical (unpaired) electrons. The van der Waals surface area contributed by atoms with Gasteiger partial charge < -0.3 is 5.32 Å². The molecule has 2 aromatic heterocycles. The lowest BCUT2D eigenvalue weighted by Crippen LogP contribution is -2.17. The summed E-state index contributed by atoms with van der Waals surface area (Å²) < 4.78 is 3.46. The zero-order chi connectivity index (χ0) is 14.2. The van der Waals surface area contributed by atoms with Crippen LogP contribution in [0.5, 0.6) is 0 Å². The third kappa shape index (κ3) is 2.38. The lowest BCUT2D eigenvalue weighted by atomic mass is 10.3.